The maximum absolute atomic E-state index is 12.1. The third kappa shape index (κ3) is 1.53. The molecule has 1 saturated heterocycles. The highest BCUT2D eigenvalue weighted by atomic mass is 79.9. The summed E-state index contributed by atoms with van der Waals surface area (Å²) in [7, 11) is 0. The molecule has 1 fully saturated rings. The lowest BCUT2D eigenvalue weighted by molar-refractivity contribution is 0.0808. The number of Topliss-reactive ketones (excluding diaryl/α,β-unsaturated/α-hetero) is 1. The van der Waals surface area contributed by atoms with E-state index >= 15 is 0 Å². The van der Waals surface area contributed by atoms with Gasteiger partial charge in [-0.15, -0.1) is 0 Å². The third-order valence-electron chi connectivity index (χ3n) is 2.74. The summed E-state index contributed by atoms with van der Waals surface area (Å²) < 4.78 is 5.93. The lowest BCUT2D eigenvalue weighted by atomic mass is 9.84. The number of carbonyl (C=O) groups is 1. The Labute approximate surface area is 91.0 Å². The van der Waals surface area contributed by atoms with Gasteiger partial charge in [-0.05, 0) is 35.0 Å². The second-order valence-electron chi connectivity index (χ2n) is 3.91. The number of carbonyl (C=O) groups excluding carboxylic acids is 1. The Morgan fingerprint density at radius 2 is 2.50 bits per heavy atom. The van der Waals surface area contributed by atoms with E-state index in [1.54, 1.807) is 6.07 Å². The third-order valence-corrected chi connectivity index (χ3v) is 3.36. The maximum Gasteiger partial charge on any atom is 0.206 e. The number of nitrogens with one attached hydrogen (secondary N) is 1. The molecule has 1 atom stereocenters. The quantitative estimate of drug-likeness (QED) is 0.827. The topological polar surface area (TPSA) is 42.2 Å². The van der Waals surface area contributed by atoms with E-state index in [2.05, 4.69) is 21.2 Å². The van der Waals surface area contributed by atoms with Crippen molar-refractivity contribution < 1.29 is 9.21 Å². The fourth-order valence-corrected chi connectivity index (χ4v) is 2.12. The highest BCUT2D eigenvalue weighted by molar-refractivity contribution is 9.10. The van der Waals surface area contributed by atoms with Crippen molar-refractivity contribution in [3.8, 4) is 0 Å². The first kappa shape index (κ1) is 9.93. The van der Waals surface area contributed by atoms with Gasteiger partial charge in [0.1, 0.15) is 0 Å². The molecular weight excluding hydrogens is 246 g/mol. The van der Waals surface area contributed by atoms with Crippen LogP contribution in [0, 0.1) is 5.41 Å². The van der Waals surface area contributed by atoms with Gasteiger partial charge in [-0.2, -0.15) is 0 Å². The van der Waals surface area contributed by atoms with Gasteiger partial charge in [-0.3, -0.25) is 4.79 Å². The van der Waals surface area contributed by atoms with Crippen LogP contribution in [0.15, 0.2) is 21.2 Å². The zero-order valence-electron chi connectivity index (χ0n) is 7.97. The van der Waals surface area contributed by atoms with Crippen LogP contribution < -0.4 is 5.32 Å². The molecule has 0 radical (unpaired) electrons. The van der Waals surface area contributed by atoms with Gasteiger partial charge in [0, 0.05) is 12.0 Å². The van der Waals surface area contributed by atoms with Crippen LogP contribution in [-0.2, 0) is 0 Å². The summed E-state index contributed by atoms with van der Waals surface area (Å²) in [5.74, 6) is 0.524. The average Bonchev–Trinajstić information content (AvgIpc) is 2.74. The highest BCUT2D eigenvalue weighted by Crippen LogP contribution is 2.32. The molecule has 4 heteroatoms. The molecule has 0 spiro atoms. The Bertz CT molecular complexity index is 353. The largest absolute Gasteiger partial charge is 0.460 e. The van der Waals surface area contributed by atoms with Crippen LogP contribution in [0.5, 0.6) is 0 Å². The fourth-order valence-electron chi connectivity index (χ4n) is 1.74. The Balaban J connectivity index is 2.28. The van der Waals surface area contributed by atoms with E-state index in [1.165, 1.54) is 6.26 Å². The van der Waals surface area contributed by atoms with Gasteiger partial charge in [0.2, 0.25) is 5.78 Å². The zero-order chi connectivity index (χ0) is 10.2. The molecule has 1 aromatic heterocycles. The van der Waals surface area contributed by atoms with Crippen molar-refractivity contribution >= 4 is 21.7 Å². The van der Waals surface area contributed by atoms with E-state index in [9.17, 15) is 4.79 Å². The van der Waals surface area contributed by atoms with Crippen molar-refractivity contribution in [3.63, 3.8) is 0 Å². The van der Waals surface area contributed by atoms with Gasteiger partial charge in [-0.25, -0.2) is 0 Å². The Kier molecular flexibility index (Phi) is 2.49. The van der Waals surface area contributed by atoms with Gasteiger partial charge in [0.15, 0.2) is 5.76 Å². The fraction of sp³-hybridized carbons (Fsp3) is 0.500. The predicted octanol–water partition coefficient (Wildman–Crippen LogP) is 2.22. The minimum atomic E-state index is -0.305. The molecule has 0 bridgehead atoms. The number of rotatable bonds is 2. The summed E-state index contributed by atoms with van der Waals surface area (Å²) in [5.41, 5.74) is -0.305. The van der Waals surface area contributed by atoms with E-state index in [4.69, 9.17) is 4.42 Å². The second-order valence-corrected chi connectivity index (χ2v) is 4.77. The van der Waals surface area contributed by atoms with Crippen molar-refractivity contribution in [3.05, 3.63) is 22.6 Å². The molecule has 2 rings (SSSR count). The van der Waals surface area contributed by atoms with Crippen molar-refractivity contribution in [1.29, 1.82) is 0 Å². The van der Waals surface area contributed by atoms with Gasteiger partial charge < -0.3 is 9.73 Å². The first-order valence-corrected chi connectivity index (χ1v) is 5.41. The molecule has 76 valence electrons. The molecule has 0 saturated carbocycles. The van der Waals surface area contributed by atoms with Crippen molar-refractivity contribution in [2.45, 2.75) is 13.3 Å². The van der Waals surface area contributed by atoms with Gasteiger partial charge in [0.25, 0.3) is 0 Å². The van der Waals surface area contributed by atoms with E-state index in [1.807, 2.05) is 6.92 Å². The van der Waals surface area contributed by atoms with E-state index in [-0.39, 0.29) is 11.2 Å². The van der Waals surface area contributed by atoms with Crippen molar-refractivity contribution in [1.82, 2.24) is 5.32 Å². The van der Waals surface area contributed by atoms with Crippen LogP contribution in [0.2, 0.25) is 0 Å². The average molecular weight is 258 g/mol. The molecule has 1 unspecified atom stereocenters. The molecule has 1 aromatic rings. The Morgan fingerprint density at radius 1 is 1.71 bits per heavy atom. The van der Waals surface area contributed by atoms with Crippen LogP contribution in [0.25, 0.3) is 0 Å². The van der Waals surface area contributed by atoms with Gasteiger partial charge >= 0.3 is 0 Å². The van der Waals surface area contributed by atoms with E-state index in [0.717, 1.165) is 24.0 Å². The van der Waals surface area contributed by atoms with Crippen LogP contribution in [0.3, 0.4) is 0 Å². The Hall–Kier alpha value is -0.610. The zero-order valence-corrected chi connectivity index (χ0v) is 9.56. The van der Waals surface area contributed by atoms with E-state index < -0.39 is 0 Å². The molecule has 1 aliphatic heterocycles. The minimum Gasteiger partial charge on any atom is -0.460 e. The number of halogens is 1. The number of hydrogen-bond acceptors (Lipinski definition) is 3. The normalized spacial score (nSPS) is 26.7. The summed E-state index contributed by atoms with van der Waals surface area (Å²) in [6.45, 7) is 3.61. The summed E-state index contributed by atoms with van der Waals surface area (Å²) in [5, 5.41) is 3.20. The standard InChI is InChI=1S/C10H12BrNO2/c1-10(3-4-12-6-10)9(13)8-7(11)2-5-14-8/h2,5,12H,3-4,6H2,1H3. The van der Waals surface area contributed by atoms with Crippen LogP contribution in [0.1, 0.15) is 23.9 Å². The molecule has 2 heterocycles. The lowest BCUT2D eigenvalue weighted by Crippen LogP contribution is -2.30. The first-order valence-electron chi connectivity index (χ1n) is 4.62. The summed E-state index contributed by atoms with van der Waals surface area (Å²) >= 11 is 3.30. The van der Waals surface area contributed by atoms with Gasteiger partial charge in [-0.1, -0.05) is 6.92 Å². The highest BCUT2D eigenvalue weighted by Gasteiger charge is 2.39. The summed E-state index contributed by atoms with van der Waals surface area (Å²) in [4.78, 5) is 12.1. The van der Waals surface area contributed by atoms with Gasteiger partial charge in [0.05, 0.1) is 10.7 Å². The lowest BCUT2D eigenvalue weighted by Gasteiger charge is -2.19. The number of furan rings is 1. The second kappa shape index (κ2) is 3.51. The Morgan fingerprint density at radius 3 is 3.00 bits per heavy atom. The predicted molar refractivity (Wildman–Crippen MR) is 56.3 cm³/mol. The SMILES string of the molecule is CC1(C(=O)c2occc2Br)CCNC1. The van der Waals surface area contributed by atoms with Crippen LogP contribution in [-0.4, -0.2) is 18.9 Å². The molecule has 0 amide bonds. The molecule has 0 aliphatic carbocycles. The molecular formula is C10H12BrNO2. The van der Waals surface area contributed by atoms with Crippen LogP contribution >= 0.6 is 15.9 Å². The first-order chi connectivity index (χ1) is 6.63. The molecule has 1 N–H and O–H groups in total. The molecule has 14 heavy (non-hydrogen) atoms. The monoisotopic (exact) mass is 257 g/mol. The number of hydrogen-bond donors (Lipinski definition) is 1. The van der Waals surface area contributed by atoms with E-state index in [0.29, 0.717) is 5.76 Å². The summed E-state index contributed by atoms with van der Waals surface area (Å²) in [6, 6.07) is 1.75. The van der Waals surface area contributed by atoms with Crippen molar-refractivity contribution in [2.24, 2.45) is 5.41 Å². The number of ketones is 1. The smallest absolute Gasteiger partial charge is 0.206 e. The van der Waals surface area contributed by atoms with Crippen LogP contribution in [0.4, 0.5) is 0 Å². The summed E-state index contributed by atoms with van der Waals surface area (Å²) in [6.07, 6.45) is 2.40. The molecule has 3 nitrogen and oxygen atoms in total. The van der Waals surface area contributed by atoms with Crippen molar-refractivity contribution in [2.75, 3.05) is 13.1 Å². The molecule has 1 aliphatic rings. The maximum atomic E-state index is 12.1. The molecule has 0 aromatic carbocycles. The minimum absolute atomic E-state index is 0.0828.